The molecule has 2 heterocycles. The number of hydrogen-bond donors (Lipinski definition) is 1. The summed E-state index contributed by atoms with van der Waals surface area (Å²) in [6.07, 6.45) is 5.22. The van der Waals surface area contributed by atoms with E-state index in [2.05, 4.69) is 31.4 Å². The van der Waals surface area contributed by atoms with Crippen LogP contribution in [0.15, 0.2) is 12.1 Å². The van der Waals surface area contributed by atoms with Crippen LogP contribution in [0, 0.1) is 19.8 Å². The van der Waals surface area contributed by atoms with Gasteiger partial charge in [0.15, 0.2) is 0 Å². The average molecular weight is 303 g/mol. The van der Waals surface area contributed by atoms with Gasteiger partial charge in [0.1, 0.15) is 0 Å². The zero-order valence-corrected chi connectivity index (χ0v) is 13.6. The highest BCUT2D eigenvalue weighted by Crippen LogP contribution is 2.19. The van der Waals surface area contributed by atoms with E-state index < -0.39 is 0 Å². The van der Waals surface area contributed by atoms with Crippen molar-refractivity contribution >= 4 is 17.9 Å². The Balaban J connectivity index is 2.05. The number of carbonyl (C=O) groups excluding carboxylic acids is 2. The average Bonchev–Trinajstić information content (AvgIpc) is 3.06. The third kappa shape index (κ3) is 3.40. The summed E-state index contributed by atoms with van der Waals surface area (Å²) in [6.45, 7) is 8.34. The lowest BCUT2D eigenvalue weighted by atomic mass is 10.1. The molecule has 1 saturated heterocycles. The number of nitrogens with zero attached hydrogens (tertiary/aromatic N) is 2. The second-order valence-corrected chi connectivity index (χ2v) is 5.98. The summed E-state index contributed by atoms with van der Waals surface area (Å²) in [5.74, 6) is -0.571. The van der Waals surface area contributed by atoms with Crippen LogP contribution in [0.2, 0.25) is 0 Å². The zero-order chi connectivity index (χ0) is 16.3. The number of aromatic nitrogens is 1. The van der Waals surface area contributed by atoms with Crippen molar-refractivity contribution in [2.24, 2.45) is 11.7 Å². The van der Waals surface area contributed by atoms with E-state index in [-0.39, 0.29) is 17.7 Å². The van der Waals surface area contributed by atoms with Gasteiger partial charge in [-0.05, 0) is 44.4 Å². The number of nitrogens with two attached hydrogens (primary N) is 1. The highest BCUT2D eigenvalue weighted by Gasteiger charge is 2.28. The molecule has 22 heavy (non-hydrogen) atoms. The van der Waals surface area contributed by atoms with Crippen LogP contribution in [0.1, 0.15) is 36.7 Å². The summed E-state index contributed by atoms with van der Waals surface area (Å²) in [5, 5.41) is 0. The molecule has 1 aliphatic rings. The van der Waals surface area contributed by atoms with Gasteiger partial charge in [-0.3, -0.25) is 9.59 Å². The molecule has 1 aromatic heterocycles. The molecule has 2 amide bonds. The molecule has 1 unspecified atom stereocenters. The predicted molar refractivity (Wildman–Crippen MR) is 87.1 cm³/mol. The Bertz CT molecular complexity index is 601. The van der Waals surface area contributed by atoms with Gasteiger partial charge in [-0.1, -0.05) is 6.92 Å². The van der Waals surface area contributed by atoms with E-state index in [9.17, 15) is 9.59 Å². The highest BCUT2D eigenvalue weighted by atomic mass is 16.2. The first-order valence-electron chi connectivity index (χ1n) is 7.87. The molecule has 2 rings (SSSR count). The van der Waals surface area contributed by atoms with E-state index in [4.69, 9.17) is 5.73 Å². The summed E-state index contributed by atoms with van der Waals surface area (Å²) >= 11 is 0. The minimum Gasteiger partial charge on any atom is -0.369 e. The lowest BCUT2D eigenvalue weighted by molar-refractivity contribution is -0.125. The monoisotopic (exact) mass is 303 g/mol. The van der Waals surface area contributed by atoms with Gasteiger partial charge in [0.25, 0.3) is 0 Å². The lowest BCUT2D eigenvalue weighted by Gasteiger charge is -2.13. The number of rotatable bonds is 5. The zero-order valence-electron chi connectivity index (χ0n) is 13.6. The van der Waals surface area contributed by atoms with Gasteiger partial charge in [0.2, 0.25) is 11.8 Å². The van der Waals surface area contributed by atoms with Gasteiger partial charge < -0.3 is 15.2 Å². The Hall–Kier alpha value is -2.04. The van der Waals surface area contributed by atoms with Crippen LogP contribution in [-0.2, 0) is 16.1 Å². The molecule has 2 N–H and O–H groups in total. The first-order chi connectivity index (χ1) is 10.4. The largest absolute Gasteiger partial charge is 0.369 e. The minimum atomic E-state index is -0.317. The van der Waals surface area contributed by atoms with Gasteiger partial charge >= 0.3 is 0 Å². The normalized spacial score (nSPS) is 18.3. The molecule has 0 radical (unpaired) electrons. The van der Waals surface area contributed by atoms with Gasteiger partial charge in [-0.15, -0.1) is 0 Å². The van der Waals surface area contributed by atoms with Crippen molar-refractivity contribution in [2.45, 2.75) is 40.2 Å². The maximum atomic E-state index is 12.2. The fourth-order valence-electron chi connectivity index (χ4n) is 3.02. The Morgan fingerprint density at radius 2 is 2.14 bits per heavy atom. The van der Waals surface area contributed by atoms with E-state index in [1.807, 2.05) is 6.08 Å². The van der Waals surface area contributed by atoms with Crippen LogP contribution in [0.3, 0.4) is 0 Å². The second kappa shape index (κ2) is 6.81. The number of likely N-dealkylation sites (tertiary alicyclic amines) is 1. The smallest absolute Gasteiger partial charge is 0.246 e. The van der Waals surface area contributed by atoms with Crippen molar-refractivity contribution in [3.63, 3.8) is 0 Å². The number of amides is 2. The molecule has 0 aromatic carbocycles. The van der Waals surface area contributed by atoms with Crippen molar-refractivity contribution in [1.82, 2.24) is 9.47 Å². The first kappa shape index (κ1) is 16.3. The van der Waals surface area contributed by atoms with Crippen molar-refractivity contribution in [3.05, 3.63) is 29.1 Å². The topological polar surface area (TPSA) is 68.3 Å². The lowest BCUT2D eigenvalue weighted by Crippen LogP contribution is -2.30. The van der Waals surface area contributed by atoms with Crippen LogP contribution in [0.25, 0.3) is 6.08 Å². The molecule has 0 spiro atoms. The quantitative estimate of drug-likeness (QED) is 0.844. The van der Waals surface area contributed by atoms with Gasteiger partial charge in [-0.2, -0.15) is 0 Å². The second-order valence-electron chi connectivity index (χ2n) is 5.98. The van der Waals surface area contributed by atoms with Crippen LogP contribution >= 0.6 is 0 Å². The molecule has 0 saturated carbocycles. The van der Waals surface area contributed by atoms with Gasteiger partial charge in [0.05, 0.1) is 5.92 Å². The Labute approximate surface area is 131 Å². The molecule has 1 fully saturated rings. The van der Waals surface area contributed by atoms with Crippen molar-refractivity contribution in [3.8, 4) is 0 Å². The van der Waals surface area contributed by atoms with E-state index >= 15 is 0 Å². The van der Waals surface area contributed by atoms with E-state index in [0.717, 1.165) is 18.5 Å². The minimum absolute atomic E-state index is 0.0518. The third-order valence-corrected chi connectivity index (χ3v) is 4.37. The Kier molecular flexibility index (Phi) is 5.06. The fraction of sp³-hybridized carbons (Fsp3) is 0.529. The van der Waals surface area contributed by atoms with E-state index in [1.54, 1.807) is 11.0 Å². The molecule has 5 nitrogen and oxygen atoms in total. The van der Waals surface area contributed by atoms with Crippen molar-refractivity contribution < 1.29 is 9.59 Å². The van der Waals surface area contributed by atoms with E-state index in [0.29, 0.717) is 19.5 Å². The number of aryl methyl sites for hydroxylation is 1. The molecular formula is C17H25N3O2. The summed E-state index contributed by atoms with van der Waals surface area (Å²) in [6, 6.07) is 2.10. The molecule has 5 heteroatoms. The molecule has 1 aliphatic heterocycles. The van der Waals surface area contributed by atoms with E-state index in [1.165, 1.54) is 11.4 Å². The molecule has 120 valence electrons. The maximum absolute atomic E-state index is 12.2. The first-order valence-corrected chi connectivity index (χ1v) is 7.87. The Morgan fingerprint density at radius 1 is 1.41 bits per heavy atom. The summed E-state index contributed by atoms with van der Waals surface area (Å²) in [5.41, 5.74) is 8.76. The fourth-order valence-corrected chi connectivity index (χ4v) is 3.02. The molecule has 1 atom stereocenters. The number of hydrogen-bond acceptors (Lipinski definition) is 2. The predicted octanol–water partition coefficient (Wildman–Crippen LogP) is 1.86. The number of carbonyl (C=O) groups is 2. The maximum Gasteiger partial charge on any atom is 0.246 e. The van der Waals surface area contributed by atoms with Crippen LogP contribution in [-0.4, -0.2) is 34.4 Å². The van der Waals surface area contributed by atoms with Crippen LogP contribution < -0.4 is 5.73 Å². The summed E-state index contributed by atoms with van der Waals surface area (Å²) in [7, 11) is 0. The molecular weight excluding hydrogens is 278 g/mol. The van der Waals surface area contributed by atoms with Gasteiger partial charge in [0, 0.05) is 37.1 Å². The summed E-state index contributed by atoms with van der Waals surface area (Å²) in [4.78, 5) is 25.0. The SMILES string of the molecule is CCCn1c(C)cc(/C=C/C(=O)N2CCC(C(N)=O)C2)c1C. The molecule has 0 aliphatic carbocycles. The number of primary amides is 1. The standard InChI is InChI=1S/C17H25N3O2/c1-4-8-20-12(2)10-14(13(20)3)5-6-16(21)19-9-7-15(11-19)17(18)22/h5-6,10,15H,4,7-9,11H2,1-3H3,(H2,18,22)/b6-5+. The highest BCUT2D eigenvalue weighted by molar-refractivity contribution is 5.92. The van der Waals surface area contributed by atoms with Crippen LogP contribution in [0.4, 0.5) is 0 Å². The van der Waals surface area contributed by atoms with Crippen molar-refractivity contribution in [2.75, 3.05) is 13.1 Å². The Morgan fingerprint density at radius 3 is 2.73 bits per heavy atom. The van der Waals surface area contributed by atoms with Gasteiger partial charge in [-0.25, -0.2) is 0 Å². The molecule has 1 aromatic rings. The molecule has 0 bridgehead atoms. The van der Waals surface area contributed by atoms with Crippen molar-refractivity contribution in [1.29, 1.82) is 0 Å². The third-order valence-electron chi connectivity index (χ3n) is 4.37. The van der Waals surface area contributed by atoms with Crippen LogP contribution in [0.5, 0.6) is 0 Å². The summed E-state index contributed by atoms with van der Waals surface area (Å²) < 4.78 is 2.27.